The van der Waals surface area contributed by atoms with Gasteiger partial charge >= 0.3 is 6.18 Å². The highest BCUT2D eigenvalue weighted by molar-refractivity contribution is 7.09. The van der Waals surface area contributed by atoms with E-state index in [1.165, 1.54) is 17.4 Å². The molecular weight excluding hydrogens is 289 g/mol. The van der Waals surface area contributed by atoms with E-state index in [4.69, 9.17) is 10.5 Å². The lowest BCUT2D eigenvalue weighted by atomic mass is 10.2. The largest absolute Gasteiger partial charge is 0.493 e. The number of alkyl halides is 3. The molecule has 0 aliphatic carbocycles. The van der Waals surface area contributed by atoms with Crippen LogP contribution < -0.4 is 10.5 Å². The number of anilines is 1. The molecule has 0 saturated heterocycles. The second kappa shape index (κ2) is 5.70. The van der Waals surface area contributed by atoms with Gasteiger partial charge in [-0.25, -0.2) is 4.98 Å². The van der Waals surface area contributed by atoms with Gasteiger partial charge in [0.05, 0.1) is 23.4 Å². The lowest BCUT2D eigenvalue weighted by molar-refractivity contribution is -0.137. The van der Waals surface area contributed by atoms with Crippen LogP contribution in [0.15, 0.2) is 23.7 Å². The number of thiazole rings is 1. The summed E-state index contributed by atoms with van der Waals surface area (Å²) in [6.07, 6.45) is -3.82. The predicted molar refractivity (Wildman–Crippen MR) is 71.9 cm³/mol. The Labute approximate surface area is 118 Å². The Morgan fingerprint density at radius 3 is 2.65 bits per heavy atom. The maximum Gasteiger partial charge on any atom is 0.416 e. The fourth-order valence-corrected chi connectivity index (χ4v) is 2.46. The van der Waals surface area contributed by atoms with Crippen LogP contribution in [-0.2, 0) is 12.6 Å². The lowest BCUT2D eigenvalue weighted by Crippen LogP contribution is -2.07. The molecule has 2 aromatic rings. The summed E-state index contributed by atoms with van der Waals surface area (Å²) >= 11 is 1.50. The minimum atomic E-state index is -4.43. The van der Waals surface area contributed by atoms with Crippen LogP contribution >= 0.6 is 11.3 Å². The van der Waals surface area contributed by atoms with Crippen molar-refractivity contribution < 1.29 is 17.9 Å². The van der Waals surface area contributed by atoms with Crippen molar-refractivity contribution in [3.63, 3.8) is 0 Å². The fraction of sp³-hybridized carbons (Fsp3) is 0.308. The molecule has 3 nitrogen and oxygen atoms in total. The summed E-state index contributed by atoms with van der Waals surface area (Å²) in [5.74, 6) is 0.125. The maximum atomic E-state index is 12.6. The van der Waals surface area contributed by atoms with E-state index in [0.717, 1.165) is 22.7 Å². The first-order chi connectivity index (χ1) is 9.36. The summed E-state index contributed by atoms with van der Waals surface area (Å²) in [7, 11) is 0. The number of aromatic nitrogens is 1. The molecule has 0 amide bonds. The Morgan fingerprint density at radius 2 is 2.05 bits per heavy atom. The highest BCUT2D eigenvalue weighted by Crippen LogP contribution is 2.33. The van der Waals surface area contributed by atoms with Crippen LogP contribution in [0.1, 0.15) is 16.1 Å². The third-order valence-electron chi connectivity index (χ3n) is 2.70. The number of nitrogens with two attached hydrogens (primary N) is 1. The fourth-order valence-electron chi connectivity index (χ4n) is 1.70. The molecule has 0 fully saturated rings. The number of nitrogen functional groups attached to an aromatic ring is 1. The molecule has 108 valence electrons. The van der Waals surface area contributed by atoms with Crippen molar-refractivity contribution in [1.29, 1.82) is 0 Å². The average molecular weight is 302 g/mol. The zero-order valence-electron chi connectivity index (χ0n) is 10.7. The van der Waals surface area contributed by atoms with Gasteiger partial charge in [0.2, 0.25) is 0 Å². The molecule has 0 atom stereocenters. The Kier molecular flexibility index (Phi) is 4.17. The summed E-state index contributed by atoms with van der Waals surface area (Å²) in [5.41, 5.74) is 7.33. The first kappa shape index (κ1) is 14.6. The minimum absolute atomic E-state index is 0.0313. The molecule has 0 saturated carbocycles. The quantitative estimate of drug-likeness (QED) is 0.877. The molecule has 0 aliphatic heterocycles. The Balaban J connectivity index is 2.03. The van der Waals surface area contributed by atoms with Gasteiger partial charge in [0.15, 0.2) is 0 Å². The first-order valence-electron chi connectivity index (χ1n) is 5.86. The molecular formula is C13H13F3N2OS. The van der Waals surface area contributed by atoms with E-state index in [0.29, 0.717) is 6.42 Å². The second-order valence-electron chi connectivity index (χ2n) is 4.25. The molecule has 1 aromatic heterocycles. The molecule has 0 spiro atoms. The van der Waals surface area contributed by atoms with Crippen molar-refractivity contribution in [2.75, 3.05) is 12.3 Å². The van der Waals surface area contributed by atoms with Crippen LogP contribution in [0.5, 0.6) is 5.75 Å². The van der Waals surface area contributed by atoms with Gasteiger partial charge in [0, 0.05) is 23.1 Å². The van der Waals surface area contributed by atoms with Gasteiger partial charge in [-0.2, -0.15) is 13.2 Å². The lowest BCUT2D eigenvalue weighted by Gasteiger charge is -2.11. The van der Waals surface area contributed by atoms with Gasteiger partial charge in [0.1, 0.15) is 5.75 Å². The smallest absolute Gasteiger partial charge is 0.416 e. The standard InChI is InChI=1S/C13H13F3N2OS/c1-8-12(20-7-18-8)2-3-19-11-5-9(13(14,15)16)4-10(17)6-11/h4-7H,2-3,17H2,1H3. The molecule has 20 heavy (non-hydrogen) atoms. The Hall–Kier alpha value is -1.76. The van der Waals surface area contributed by atoms with Crippen LogP contribution in [0, 0.1) is 6.92 Å². The van der Waals surface area contributed by atoms with Crippen molar-refractivity contribution in [1.82, 2.24) is 4.98 Å². The number of benzene rings is 1. The third kappa shape index (κ3) is 3.63. The van der Waals surface area contributed by atoms with Crippen molar-refractivity contribution in [3.8, 4) is 5.75 Å². The van der Waals surface area contributed by atoms with Crippen molar-refractivity contribution in [2.45, 2.75) is 19.5 Å². The van der Waals surface area contributed by atoms with Gasteiger partial charge in [-0.05, 0) is 19.1 Å². The molecule has 1 aromatic carbocycles. The maximum absolute atomic E-state index is 12.6. The molecule has 7 heteroatoms. The SMILES string of the molecule is Cc1ncsc1CCOc1cc(N)cc(C(F)(F)F)c1. The number of rotatable bonds is 4. The van der Waals surface area contributed by atoms with Gasteiger partial charge < -0.3 is 10.5 Å². The van der Waals surface area contributed by atoms with Gasteiger partial charge in [-0.3, -0.25) is 0 Å². The topological polar surface area (TPSA) is 48.1 Å². The van der Waals surface area contributed by atoms with E-state index in [-0.39, 0.29) is 18.0 Å². The zero-order chi connectivity index (χ0) is 14.8. The summed E-state index contributed by atoms with van der Waals surface area (Å²) in [6.45, 7) is 2.16. The molecule has 0 unspecified atom stereocenters. The summed E-state index contributed by atoms with van der Waals surface area (Å²) in [5, 5.41) is 0. The van der Waals surface area contributed by atoms with Crippen LogP contribution in [0.4, 0.5) is 18.9 Å². The van der Waals surface area contributed by atoms with Crippen LogP contribution in [0.3, 0.4) is 0 Å². The van der Waals surface area contributed by atoms with Crippen molar-refractivity contribution in [2.24, 2.45) is 0 Å². The highest BCUT2D eigenvalue weighted by Gasteiger charge is 2.31. The van der Waals surface area contributed by atoms with E-state index in [2.05, 4.69) is 4.98 Å². The van der Waals surface area contributed by atoms with Gasteiger partial charge in [-0.15, -0.1) is 11.3 Å². The number of hydrogen-bond acceptors (Lipinski definition) is 4. The average Bonchev–Trinajstić information content (AvgIpc) is 2.73. The second-order valence-corrected chi connectivity index (χ2v) is 5.19. The summed E-state index contributed by atoms with van der Waals surface area (Å²) in [4.78, 5) is 5.16. The Morgan fingerprint density at radius 1 is 1.30 bits per heavy atom. The molecule has 0 aliphatic rings. The number of ether oxygens (including phenoxy) is 1. The molecule has 0 radical (unpaired) electrons. The highest BCUT2D eigenvalue weighted by atomic mass is 32.1. The molecule has 0 bridgehead atoms. The van der Waals surface area contributed by atoms with Gasteiger partial charge in [-0.1, -0.05) is 0 Å². The van der Waals surface area contributed by atoms with E-state index < -0.39 is 11.7 Å². The van der Waals surface area contributed by atoms with E-state index in [1.54, 1.807) is 5.51 Å². The van der Waals surface area contributed by atoms with Crippen LogP contribution in [0.2, 0.25) is 0 Å². The van der Waals surface area contributed by atoms with Crippen molar-refractivity contribution in [3.05, 3.63) is 39.8 Å². The van der Waals surface area contributed by atoms with E-state index >= 15 is 0 Å². The molecule has 2 N–H and O–H groups in total. The Bertz CT molecular complexity index is 596. The molecule has 1 heterocycles. The van der Waals surface area contributed by atoms with Crippen molar-refractivity contribution >= 4 is 17.0 Å². The predicted octanol–water partition coefficient (Wildman–Crippen LogP) is 3.67. The summed E-state index contributed by atoms with van der Waals surface area (Å²) < 4.78 is 43.2. The van der Waals surface area contributed by atoms with Gasteiger partial charge in [0.25, 0.3) is 0 Å². The number of aryl methyl sites for hydroxylation is 1. The molecule has 2 rings (SSSR count). The number of halogens is 3. The zero-order valence-corrected chi connectivity index (χ0v) is 11.5. The normalized spacial score (nSPS) is 11.6. The van der Waals surface area contributed by atoms with Crippen LogP contribution in [0.25, 0.3) is 0 Å². The monoisotopic (exact) mass is 302 g/mol. The van der Waals surface area contributed by atoms with E-state index in [1.807, 2.05) is 6.92 Å². The first-order valence-corrected chi connectivity index (χ1v) is 6.74. The van der Waals surface area contributed by atoms with Crippen LogP contribution in [-0.4, -0.2) is 11.6 Å². The number of nitrogens with zero attached hydrogens (tertiary/aromatic N) is 1. The third-order valence-corrected chi connectivity index (χ3v) is 3.69. The van der Waals surface area contributed by atoms with E-state index in [9.17, 15) is 13.2 Å². The number of hydrogen-bond donors (Lipinski definition) is 1. The minimum Gasteiger partial charge on any atom is -0.493 e. The summed E-state index contributed by atoms with van der Waals surface area (Å²) in [6, 6.07) is 3.23.